The molecule has 1 atom stereocenters. The van der Waals surface area contributed by atoms with Gasteiger partial charge >= 0.3 is 0 Å². The van der Waals surface area contributed by atoms with Crippen molar-refractivity contribution in [1.82, 2.24) is 9.80 Å². The molecule has 0 amide bonds. The van der Waals surface area contributed by atoms with Crippen LogP contribution in [0, 0.1) is 5.41 Å². The largest absolute Gasteiger partial charge is 0.351 e. The van der Waals surface area contributed by atoms with E-state index in [0.717, 1.165) is 39.3 Å². The lowest BCUT2D eigenvalue weighted by Gasteiger charge is -2.43. The monoisotopic (exact) mass is 272 g/mol. The van der Waals surface area contributed by atoms with Crippen molar-refractivity contribution in [1.29, 1.82) is 0 Å². The Morgan fingerprint density at radius 3 is 2.47 bits per heavy atom. The summed E-state index contributed by atoms with van der Waals surface area (Å²) < 4.78 is 11.9. The van der Waals surface area contributed by atoms with E-state index in [9.17, 15) is 0 Å². The maximum atomic E-state index is 5.97. The molecule has 1 aliphatic rings. The standard InChI is InChI=1S/C15H32N2O2/c1-6-9-17-12-15(4,5)14(19-13-17)18-11-10-16(7-2)8-3/h14H,6-13H2,1-5H3/t14-/m1/s1. The molecule has 0 aromatic carbocycles. The molecule has 1 rings (SSSR count). The van der Waals surface area contributed by atoms with Crippen LogP contribution in [0.2, 0.25) is 0 Å². The Morgan fingerprint density at radius 1 is 1.26 bits per heavy atom. The van der Waals surface area contributed by atoms with Gasteiger partial charge in [0.15, 0.2) is 6.29 Å². The van der Waals surface area contributed by atoms with Crippen molar-refractivity contribution >= 4 is 0 Å². The lowest BCUT2D eigenvalue weighted by molar-refractivity contribution is -0.254. The summed E-state index contributed by atoms with van der Waals surface area (Å²) in [6, 6.07) is 0. The molecule has 0 bridgehead atoms. The van der Waals surface area contributed by atoms with Gasteiger partial charge in [-0.1, -0.05) is 34.6 Å². The van der Waals surface area contributed by atoms with Crippen LogP contribution >= 0.6 is 0 Å². The first-order valence-electron chi connectivity index (χ1n) is 7.71. The first-order valence-corrected chi connectivity index (χ1v) is 7.71. The quantitative estimate of drug-likeness (QED) is 0.677. The molecule has 0 radical (unpaired) electrons. The molecule has 0 saturated carbocycles. The van der Waals surface area contributed by atoms with Gasteiger partial charge in [-0.25, -0.2) is 0 Å². The highest BCUT2D eigenvalue weighted by Gasteiger charge is 2.37. The molecule has 1 saturated heterocycles. The average molecular weight is 272 g/mol. The first kappa shape index (κ1) is 16.9. The third-order valence-electron chi connectivity index (χ3n) is 3.79. The van der Waals surface area contributed by atoms with Crippen LogP contribution < -0.4 is 0 Å². The Labute approximate surface area is 119 Å². The Hall–Kier alpha value is -0.160. The van der Waals surface area contributed by atoms with E-state index in [-0.39, 0.29) is 11.7 Å². The van der Waals surface area contributed by atoms with Crippen LogP contribution in [0.4, 0.5) is 0 Å². The van der Waals surface area contributed by atoms with E-state index in [1.54, 1.807) is 0 Å². The zero-order valence-electron chi connectivity index (χ0n) is 13.4. The highest BCUT2D eigenvalue weighted by atomic mass is 16.7. The van der Waals surface area contributed by atoms with Gasteiger partial charge in [0.2, 0.25) is 0 Å². The lowest BCUT2D eigenvalue weighted by Crippen LogP contribution is -2.51. The molecule has 0 aromatic rings. The number of nitrogens with zero attached hydrogens (tertiary/aromatic N) is 2. The van der Waals surface area contributed by atoms with E-state index in [4.69, 9.17) is 9.47 Å². The van der Waals surface area contributed by atoms with Crippen molar-refractivity contribution in [3.05, 3.63) is 0 Å². The van der Waals surface area contributed by atoms with Crippen LogP contribution in [0.15, 0.2) is 0 Å². The molecular formula is C15H32N2O2. The fourth-order valence-corrected chi connectivity index (χ4v) is 2.66. The van der Waals surface area contributed by atoms with Gasteiger partial charge < -0.3 is 14.4 Å². The van der Waals surface area contributed by atoms with Gasteiger partial charge in [-0.3, -0.25) is 4.90 Å². The second-order valence-corrected chi connectivity index (χ2v) is 6.07. The van der Waals surface area contributed by atoms with E-state index >= 15 is 0 Å². The van der Waals surface area contributed by atoms with E-state index in [1.807, 2.05) is 0 Å². The maximum Gasteiger partial charge on any atom is 0.165 e. The van der Waals surface area contributed by atoms with Gasteiger partial charge in [0.05, 0.1) is 6.61 Å². The summed E-state index contributed by atoms with van der Waals surface area (Å²) in [4.78, 5) is 4.74. The van der Waals surface area contributed by atoms with Crippen molar-refractivity contribution in [3.63, 3.8) is 0 Å². The molecule has 0 spiro atoms. The minimum absolute atomic E-state index is 0.0662. The predicted octanol–water partition coefficient (Wildman–Crippen LogP) is 2.40. The van der Waals surface area contributed by atoms with Gasteiger partial charge in [0.1, 0.15) is 6.73 Å². The van der Waals surface area contributed by atoms with Crippen molar-refractivity contribution in [3.8, 4) is 0 Å². The Kier molecular flexibility index (Phi) is 7.29. The molecule has 4 nitrogen and oxygen atoms in total. The van der Waals surface area contributed by atoms with Crippen molar-refractivity contribution in [2.75, 3.05) is 46.1 Å². The molecule has 19 heavy (non-hydrogen) atoms. The minimum atomic E-state index is -0.0730. The molecule has 1 fully saturated rings. The number of rotatable bonds is 8. The summed E-state index contributed by atoms with van der Waals surface area (Å²) in [6.07, 6.45) is 1.10. The maximum absolute atomic E-state index is 5.97. The third-order valence-corrected chi connectivity index (χ3v) is 3.79. The molecule has 4 heteroatoms. The lowest BCUT2D eigenvalue weighted by atomic mass is 9.90. The second-order valence-electron chi connectivity index (χ2n) is 6.07. The number of likely N-dealkylation sites (N-methyl/N-ethyl adjacent to an activating group) is 1. The SMILES string of the molecule is CCCN1CO[C@@H](OCCN(CC)CC)C(C)(C)C1. The van der Waals surface area contributed by atoms with Crippen molar-refractivity contribution < 1.29 is 9.47 Å². The van der Waals surface area contributed by atoms with Crippen LogP contribution in [0.25, 0.3) is 0 Å². The van der Waals surface area contributed by atoms with Crippen molar-refractivity contribution in [2.45, 2.75) is 47.3 Å². The molecule has 0 aliphatic carbocycles. The normalized spacial score (nSPS) is 24.0. The predicted molar refractivity (Wildman–Crippen MR) is 79.1 cm³/mol. The average Bonchev–Trinajstić information content (AvgIpc) is 2.36. The molecule has 0 aromatic heterocycles. The number of hydrogen-bond acceptors (Lipinski definition) is 4. The highest BCUT2D eigenvalue weighted by molar-refractivity contribution is 4.80. The summed E-state index contributed by atoms with van der Waals surface area (Å²) >= 11 is 0. The molecule has 114 valence electrons. The fraction of sp³-hybridized carbons (Fsp3) is 1.00. The molecule has 0 N–H and O–H groups in total. The van der Waals surface area contributed by atoms with Crippen LogP contribution in [-0.2, 0) is 9.47 Å². The van der Waals surface area contributed by atoms with Crippen LogP contribution in [0.3, 0.4) is 0 Å². The van der Waals surface area contributed by atoms with E-state index in [1.165, 1.54) is 6.42 Å². The number of ether oxygens (including phenoxy) is 2. The van der Waals surface area contributed by atoms with Gasteiger partial charge in [0.25, 0.3) is 0 Å². The second kappa shape index (κ2) is 8.20. The van der Waals surface area contributed by atoms with Crippen LogP contribution in [0.1, 0.15) is 41.0 Å². The Bertz CT molecular complexity index is 242. The summed E-state index contributed by atoms with van der Waals surface area (Å²) in [5.74, 6) is 0. The van der Waals surface area contributed by atoms with Gasteiger partial charge in [0, 0.05) is 25.0 Å². The van der Waals surface area contributed by atoms with Crippen LogP contribution in [-0.4, -0.2) is 62.2 Å². The van der Waals surface area contributed by atoms with Gasteiger partial charge in [-0.2, -0.15) is 0 Å². The highest BCUT2D eigenvalue weighted by Crippen LogP contribution is 2.29. The van der Waals surface area contributed by atoms with E-state index in [0.29, 0.717) is 6.73 Å². The Morgan fingerprint density at radius 2 is 1.95 bits per heavy atom. The zero-order valence-corrected chi connectivity index (χ0v) is 13.4. The smallest absolute Gasteiger partial charge is 0.165 e. The van der Waals surface area contributed by atoms with Crippen LogP contribution in [0.5, 0.6) is 0 Å². The molecular weight excluding hydrogens is 240 g/mol. The van der Waals surface area contributed by atoms with Gasteiger partial charge in [-0.05, 0) is 19.5 Å². The van der Waals surface area contributed by atoms with E-state index < -0.39 is 0 Å². The van der Waals surface area contributed by atoms with Crippen molar-refractivity contribution in [2.24, 2.45) is 5.41 Å². The van der Waals surface area contributed by atoms with Gasteiger partial charge in [-0.15, -0.1) is 0 Å². The summed E-state index contributed by atoms with van der Waals surface area (Å²) in [7, 11) is 0. The third kappa shape index (κ3) is 5.38. The zero-order chi connectivity index (χ0) is 14.3. The fourth-order valence-electron chi connectivity index (χ4n) is 2.66. The molecule has 1 aliphatic heterocycles. The summed E-state index contributed by atoms with van der Waals surface area (Å²) in [6.45, 7) is 17.8. The minimum Gasteiger partial charge on any atom is -0.351 e. The first-order chi connectivity index (χ1) is 9.03. The topological polar surface area (TPSA) is 24.9 Å². The Balaban J connectivity index is 2.34. The molecule has 1 heterocycles. The molecule has 0 unspecified atom stereocenters. The van der Waals surface area contributed by atoms with E-state index in [2.05, 4.69) is 44.4 Å². The number of hydrogen-bond donors (Lipinski definition) is 0. The summed E-state index contributed by atoms with van der Waals surface area (Å²) in [5.41, 5.74) is 0.0662. The summed E-state index contributed by atoms with van der Waals surface area (Å²) in [5, 5.41) is 0.